The average Bonchev–Trinajstić information content (AvgIpc) is 3.50. The highest BCUT2D eigenvalue weighted by molar-refractivity contribution is 5.86. The molecule has 0 amide bonds. The molecule has 2 aromatic rings. The average molecular weight is 427 g/mol. The number of ether oxygens (including phenoxy) is 1. The molecule has 3 N–H and O–H groups in total. The van der Waals surface area contributed by atoms with Crippen molar-refractivity contribution in [1.82, 2.24) is 19.5 Å². The van der Waals surface area contributed by atoms with Gasteiger partial charge in [-0.2, -0.15) is 9.94 Å². The number of methoxy groups -OCH3 is 1. The number of benzene rings is 1. The van der Waals surface area contributed by atoms with Gasteiger partial charge in [0.25, 0.3) is 5.56 Å². The summed E-state index contributed by atoms with van der Waals surface area (Å²) in [6.45, 7) is 4.59. The van der Waals surface area contributed by atoms with Gasteiger partial charge in [-0.1, -0.05) is 13.0 Å². The minimum absolute atomic E-state index is 0.0213. The Morgan fingerprint density at radius 2 is 2.16 bits per heavy atom. The van der Waals surface area contributed by atoms with Crippen molar-refractivity contribution in [3.05, 3.63) is 38.5 Å². The van der Waals surface area contributed by atoms with Crippen molar-refractivity contribution >= 4 is 10.9 Å². The van der Waals surface area contributed by atoms with Crippen LogP contribution in [-0.2, 0) is 0 Å². The first kappa shape index (κ1) is 21.4. The highest BCUT2D eigenvalue weighted by Crippen LogP contribution is 2.47. The number of nitrogens with two attached hydrogens (primary N) is 1. The van der Waals surface area contributed by atoms with E-state index >= 15 is 0 Å². The molecule has 1 aromatic heterocycles. The molecule has 31 heavy (non-hydrogen) atoms. The second-order valence-electron chi connectivity index (χ2n) is 9.02. The maximum absolute atomic E-state index is 12.9. The lowest BCUT2D eigenvalue weighted by atomic mass is 9.76. The number of rotatable bonds is 7. The minimum Gasteiger partial charge on any atom is -0.494 e. The molecule has 9 heteroatoms. The predicted octanol–water partition coefficient (Wildman–Crippen LogP) is 1.11. The summed E-state index contributed by atoms with van der Waals surface area (Å²) in [6, 6.07) is 5.87. The van der Waals surface area contributed by atoms with E-state index < -0.39 is 11.2 Å². The second-order valence-corrected chi connectivity index (χ2v) is 9.02. The van der Waals surface area contributed by atoms with E-state index in [0.29, 0.717) is 34.3 Å². The molecule has 0 spiro atoms. The van der Waals surface area contributed by atoms with E-state index in [2.05, 4.69) is 23.2 Å². The van der Waals surface area contributed by atoms with Crippen molar-refractivity contribution in [3.8, 4) is 11.8 Å². The van der Waals surface area contributed by atoms with Crippen LogP contribution in [0.2, 0.25) is 0 Å². The SMILES string of the molecule is COc1c(C(N(C)CCC#N)C2(C)CCNC2)ccc2c(=O)n(N)c(=O)n(C3CC3)c12. The van der Waals surface area contributed by atoms with E-state index in [1.807, 2.05) is 13.1 Å². The van der Waals surface area contributed by atoms with Crippen LogP contribution in [0.1, 0.15) is 50.3 Å². The zero-order valence-electron chi connectivity index (χ0n) is 18.4. The van der Waals surface area contributed by atoms with Gasteiger partial charge < -0.3 is 15.9 Å². The first-order valence-corrected chi connectivity index (χ1v) is 10.7. The molecule has 1 aliphatic carbocycles. The van der Waals surface area contributed by atoms with Gasteiger partial charge in [-0.05, 0) is 38.9 Å². The predicted molar refractivity (Wildman–Crippen MR) is 119 cm³/mol. The lowest BCUT2D eigenvalue weighted by molar-refractivity contribution is 0.111. The fraction of sp³-hybridized carbons (Fsp3) is 0.591. The van der Waals surface area contributed by atoms with Gasteiger partial charge >= 0.3 is 5.69 Å². The van der Waals surface area contributed by atoms with Gasteiger partial charge in [-0.15, -0.1) is 0 Å². The maximum atomic E-state index is 12.9. The third-order valence-corrected chi connectivity index (χ3v) is 6.75. The van der Waals surface area contributed by atoms with Crippen LogP contribution in [0.25, 0.3) is 10.9 Å². The molecular weight excluding hydrogens is 396 g/mol. The lowest BCUT2D eigenvalue weighted by Gasteiger charge is -2.41. The van der Waals surface area contributed by atoms with E-state index in [1.165, 1.54) is 0 Å². The number of nitrogen functional groups attached to an aromatic ring is 1. The van der Waals surface area contributed by atoms with Gasteiger partial charge in [-0.25, -0.2) is 4.79 Å². The summed E-state index contributed by atoms with van der Waals surface area (Å²) in [5.41, 5.74) is 0.305. The summed E-state index contributed by atoms with van der Waals surface area (Å²) in [5.74, 6) is 6.35. The maximum Gasteiger partial charge on any atom is 0.350 e. The van der Waals surface area contributed by atoms with Gasteiger partial charge in [0.2, 0.25) is 0 Å². The molecule has 9 nitrogen and oxygen atoms in total. The number of hydrogen-bond donors (Lipinski definition) is 2. The van der Waals surface area contributed by atoms with Crippen LogP contribution in [0.3, 0.4) is 0 Å². The minimum atomic E-state index is -0.523. The number of fused-ring (bicyclic) bond motifs is 1. The van der Waals surface area contributed by atoms with Crippen LogP contribution in [0, 0.1) is 16.7 Å². The molecule has 1 aliphatic heterocycles. The van der Waals surface area contributed by atoms with Crippen molar-refractivity contribution in [3.63, 3.8) is 0 Å². The van der Waals surface area contributed by atoms with Crippen LogP contribution in [0.4, 0.5) is 0 Å². The second kappa shape index (κ2) is 8.02. The Bertz CT molecular complexity index is 1150. The molecule has 2 heterocycles. The Labute approximate surface area is 181 Å². The summed E-state index contributed by atoms with van der Waals surface area (Å²) in [4.78, 5) is 27.9. The highest BCUT2D eigenvalue weighted by atomic mass is 16.5. The van der Waals surface area contributed by atoms with E-state index in [9.17, 15) is 9.59 Å². The summed E-state index contributed by atoms with van der Waals surface area (Å²) in [5, 5.41) is 13.0. The zero-order valence-corrected chi connectivity index (χ0v) is 18.4. The van der Waals surface area contributed by atoms with Crippen molar-refractivity contribution in [2.45, 2.75) is 44.7 Å². The van der Waals surface area contributed by atoms with E-state index in [-0.39, 0.29) is 17.5 Å². The highest BCUT2D eigenvalue weighted by Gasteiger charge is 2.42. The molecule has 1 aromatic carbocycles. The molecule has 2 atom stereocenters. The fourth-order valence-corrected chi connectivity index (χ4v) is 5.10. The summed E-state index contributed by atoms with van der Waals surface area (Å²) in [7, 11) is 3.59. The van der Waals surface area contributed by atoms with Crippen LogP contribution in [-0.4, -0.2) is 47.9 Å². The standard InChI is InChI=1S/C22H30N6O3/c1-22(9-11-25-13-22)19(26(2)12-4-10-23)16-8-7-15-17(18(16)31-3)27(14-5-6-14)21(30)28(24)20(15)29/h7-8,14,19,25H,4-6,9,11-13,24H2,1-3H3. The molecule has 0 bridgehead atoms. The van der Waals surface area contributed by atoms with Gasteiger partial charge in [0.15, 0.2) is 0 Å². The molecule has 0 radical (unpaired) electrons. The first-order chi connectivity index (χ1) is 14.8. The van der Waals surface area contributed by atoms with Crippen molar-refractivity contribution in [2.24, 2.45) is 5.41 Å². The molecule has 2 unspecified atom stereocenters. The quantitative estimate of drug-likeness (QED) is 0.637. The number of aromatic nitrogens is 2. The monoisotopic (exact) mass is 426 g/mol. The topological polar surface area (TPSA) is 118 Å². The number of hydrogen-bond acceptors (Lipinski definition) is 7. The molecule has 2 aliphatic rings. The smallest absolute Gasteiger partial charge is 0.350 e. The lowest BCUT2D eigenvalue weighted by Crippen LogP contribution is -2.45. The molecular formula is C22H30N6O3. The Morgan fingerprint density at radius 3 is 2.74 bits per heavy atom. The third kappa shape index (κ3) is 3.50. The molecule has 166 valence electrons. The third-order valence-electron chi connectivity index (χ3n) is 6.75. The largest absolute Gasteiger partial charge is 0.494 e. The van der Waals surface area contributed by atoms with Crippen molar-refractivity contribution in [2.75, 3.05) is 39.6 Å². The zero-order chi connectivity index (χ0) is 22.3. The summed E-state index contributed by atoms with van der Waals surface area (Å²) in [6.07, 6.45) is 3.12. The first-order valence-electron chi connectivity index (χ1n) is 10.7. The van der Waals surface area contributed by atoms with E-state index in [1.54, 1.807) is 17.7 Å². The van der Waals surface area contributed by atoms with E-state index in [4.69, 9.17) is 15.8 Å². The van der Waals surface area contributed by atoms with Crippen LogP contribution in [0.5, 0.6) is 5.75 Å². The molecule has 4 rings (SSSR count). The normalized spacial score (nSPS) is 22.0. The fourth-order valence-electron chi connectivity index (χ4n) is 5.10. The van der Waals surface area contributed by atoms with Crippen molar-refractivity contribution < 1.29 is 4.74 Å². The number of nitrogens with one attached hydrogen (secondary N) is 1. The molecule has 2 fully saturated rings. The van der Waals surface area contributed by atoms with Gasteiger partial charge in [0.1, 0.15) is 11.3 Å². The van der Waals surface area contributed by atoms with Crippen LogP contribution in [0.15, 0.2) is 21.7 Å². The number of nitrogens with zero attached hydrogens (tertiary/aromatic N) is 4. The Balaban J connectivity index is 2.00. The van der Waals surface area contributed by atoms with Gasteiger partial charge in [0.05, 0.1) is 18.6 Å². The van der Waals surface area contributed by atoms with Crippen LogP contribution >= 0.6 is 0 Å². The summed E-state index contributed by atoms with van der Waals surface area (Å²) >= 11 is 0. The molecule has 1 saturated heterocycles. The van der Waals surface area contributed by atoms with Gasteiger partial charge in [-0.3, -0.25) is 14.3 Å². The Morgan fingerprint density at radius 1 is 1.42 bits per heavy atom. The summed E-state index contributed by atoms with van der Waals surface area (Å²) < 4.78 is 8.23. The van der Waals surface area contributed by atoms with Gasteiger partial charge in [0, 0.05) is 42.6 Å². The van der Waals surface area contributed by atoms with Crippen molar-refractivity contribution in [1.29, 1.82) is 5.26 Å². The van der Waals surface area contributed by atoms with E-state index in [0.717, 1.165) is 37.9 Å². The Hall–Kier alpha value is -2.83. The number of nitriles is 1. The Kier molecular flexibility index (Phi) is 5.54. The van der Waals surface area contributed by atoms with Crippen LogP contribution < -0.4 is 27.1 Å². The molecule has 1 saturated carbocycles.